The van der Waals surface area contributed by atoms with Gasteiger partial charge in [-0.25, -0.2) is 9.18 Å². The van der Waals surface area contributed by atoms with Gasteiger partial charge in [0.05, 0.1) is 18.8 Å². The number of carbonyl (C=O) groups excluding carboxylic acids is 3. The maximum absolute atomic E-state index is 13.2. The zero-order valence-corrected chi connectivity index (χ0v) is 22.4. The Balaban J connectivity index is 0.000000417. The second-order valence-corrected chi connectivity index (χ2v) is 9.36. The van der Waals surface area contributed by atoms with E-state index in [1.807, 2.05) is 46.8 Å². The molecule has 37 heavy (non-hydrogen) atoms. The van der Waals surface area contributed by atoms with Gasteiger partial charge in [0.2, 0.25) is 5.91 Å². The number of rotatable bonds is 9. The number of esters is 1. The molecule has 0 aromatic heterocycles. The molecule has 0 saturated carbocycles. The summed E-state index contributed by atoms with van der Waals surface area (Å²) in [5, 5.41) is 22.1. The minimum Gasteiger partial charge on any atom is -0.462 e. The number of halogens is 1. The maximum atomic E-state index is 13.2. The quantitative estimate of drug-likeness (QED) is 0.300. The number of benzene rings is 2. The molecule has 1 unspecified atom stereocenters. The Kier molecular flexibility index (Phi) is 12.6. The summed E-state index contributed by atoms with van der Waals surface area (Å²) < 4.78 is 18.0. The fourth-order valence-corrected chi connectivity index (χ4v) is 3.31. The summed E-state index contributed by atoms with van der Waals surface area (Å²) in [6.07, 6.45) is 0.620. The van der Waals surface area contributed by atoms with E-state index in [2.05, 4.69) is 10.6 Å². The highest BCUT2D eigenvalue weighted by molar-refractivity contribution is 6.44. The molecule has 0 bridgehead atoms. The highest BCUT2D eigenvalue weighted by Gasteiger charge is 2.33. The molecule has 9 heteroatoms. The second kappa shape index (κ2) is 14.8. The Morgan fingerprint density at radius 3 is 2.27 bits per heavy atom. The highest BCUT2D eigenvalue weighted by atomic mass is 19.1. The van der Waals surface area contributed by atoms with Crippen molar-refractivity contribution in [3.8, 4) is 0 Å². The molecule has 0 aliphatic carbocycles. The van der Waals surface area contributed by atoms with Gasteiger partial charge in [0, 0.05) is 12.1 Å². The van der Waals surface area contributed by atoms with Crippen molar-refractivity contribution in [1.29, 1.82) is 5.41 Å². The van der Waals surface area contributed by atoms with Crippen LogP contribution in [0.3, 0.4) is 0 Å². The molecular weight excluding hydrogens is 477 g/mol. The molecule has 0 aliphatic rings. The first-order chi connectivity index (χ1) is 17.4. The standard InChI is InChI=1S/C17H25N3O3.C11H13FO2/c1-11-7-5-6-8-12(11)13(18)15(22)20-14(17(2,3)4)16(23)19-9-10-21;1-3-8-5-6-9(7-10(8)12)11(13)14-4-2/h5-8,14,18,21H,9-10H2,1-4H3,(H,19,23)(H,20,22);5-7H,3-4H2,1-2H3. The summed E-state index contributed by atoms with van der Waals surface area (Å²) in [7, 11) is 0. The normalized spacial score (nSPS) is 11.5. The van der Waals surface area contributed by atoms with Gasteiger partial charge in [0.25, 0.3) is 5.91 Å². The van der Waals surface area contributed by atoms with E-state index in [0.29, 0.717) is 24.2 Å². The number of hydrogen-bond donors (Lipinski definition) is 4. The van der Waals surface area contributed by atoms with Crippen LogP contribution in [0.15, 0.2) is 42.5 Å². The molecular formula is C28H38FN3O5. The lowest BCUT2D eigenvalue weighted by molar-refractivity contribution is -0.129. The Morgan fingerprint density at radius 1 is 1.11 bits per heavy atom. The fourth-order valence-electron chi connectivity index (χ4n) is 3.31. The lowest BCUT2D eigenvalue weighted by Crippen LogP contribution is -2.55. The van der Waals surface area contributed by atoms with Crippen LogP contribution in [0.1, 0.15) is 61.7 Å². The van der Waals surface area contributed by atoms with Gasteiger partial charge in [0.1, 0.15) is 17.6 Å². The first-order valence-electron chi connectivity index (χ1n) is 12.2. The van der Waals surface area contributed by atoms with E-state index >= 15 is 0 Å². The molecule has 4 N–H and O–H groups in total. The average Bonchev–Trinajstić information content (AvgIpc) is 2.85. The predicted octanol–water partition coefficient (Wildman–Crippen LogP) is 3.57. The lowest BCUT2D eigenvalue weighted by atomic mass is 9.85. The van der Waals surface area contributed by atoms with Gasteiger partial charge in [-0.2, -0.15) is 0 Å². The van der Waals surface area contributed by atoms with Crippen LogP contribution in [0, 0.1) is 23.6 Å². The number of hydrogen-bond acceptors (Lipinski definition) is 6. The molecule has 2 aromatic rings. The number of ether oxygens (including phenoxy) is 1. The van der Waals surface area contributed by atoms with Crippen molar-refractivity contribution in [2.45, 2.75) is 54.0 Å². The van der Waals surface area contributed by atoms with Crippen LogP contribution >= 0.6 is 0 Å². The summed E-state index contributed by atoms with van der Waals surface area (Å²) in [4.78, 5) is 35.8. The zero-order chi connectivity index (χ0) is 28.2. The number of carbonyl (C=O) groups is 3. The summed E-state index contributed by atoms with van der Waals surface area (Å²) in [6.45, 7) is 11.1. The molecule has 0 fully saturated rings. The Bertz CT molecular complexity index is 1100. The van der Waals surface area contributed by atoms with Gasteiger partial charge in [-0.1, -0.05) is 58.0 Å². The first-order valence-corrected chi connectivity index (χ1v) is 12.2. The van der Waals surface area contributed by atoms with Gasteiger partial charge in [0.15, 0.2) is 0 Å². The SMILES string of the molecule is CCOC(=O)c1ccc(CC)c(F)c1.Cc1ccccc1C(=N)C(=O)NC(C(=O)NCCO)C(C)(C)C. The number of aliphatic hydroxyl groups excluding tert-OH is 1. The minimum atomic E-state index is -0.800. The van der Waals surface area contributed by atoms with Gasteiger partial charge in [-0.05, 0) is 48.9 Å². The molecule has 1 atom stereocenters. The van der Waals surface area contributed by atoms with Crippen LogP contribution in [-0.4, -0.2) is 54.4 Å². The Labute approximate surface area is 218 Å². The molecule has 2 aromatic carbocycles. The number of amides is 2. The van der Waals surface area contributed by atoms with Crippen LogP contribution in [-0.2, 0) is 20.7 Å². The highest BCUT2D eigenvalue weighted by Crippen LogP contribution is 2.20. The molecule has 0 aliphatic heterocycles. The van der Waals surface area contributed by atoms with Crippen LogP contribution in [0.2, 0.25) is 0 Å². The number of nitrogens with one attached hydrogen (secondary N) is 3. The van der Waals surface area contributed by atoms with Crippen LogP contribution in [0.4, 0.5) is 4.39 Å². The van der Waals surface area contributed by atoms with Gasteiger partial charge in [-0.3, -0.25) is 15.0 Å². The fraction of sp³-hybridized carbons (Fsp3) is 0.429. The van der Waals surface area contributed by atoms with Gasteiger partial charge < -0.3 is 20.5 Å². The Morgan fingerprint density at radius 2 is 1.76 bits per heavy atom. The van der Waals surface area contributed by atoms with Crippen molar-refractivity contribution in [2.24, 2.45) is 5.41 Å². The van der Waals surface area contributed by atoms with Crippen molar-refractivity contribution < 1.29 is 28.6 Å². The van der Waals surface area contributed by atoms with Gasteiger partial charge >= 0.3 is 5.97 Å². The monoisotopic (exact) mass is 515 g/mol. The minimum absolute atomic E-state index is 0.122. The second-order valence-electron chi connectivity index (χ2n) is 9.36. The molecule has 202 valence electrons. The Hall–Kier alpha value is -3.59. The van der Waals surface area contributed by atoms with Crippen LogP contribution in [0.5, 0.6) is 0 Å². The van der Waals surface area contributed by atoms with E-state index in [-0.39, 0.29) is 36.2 Å². The van der Waals surface area contributed by atoms with E-state index in [9.17, 15) is 18.8 Å². The lowest BCUT2D eigenvalue weighted by Gasteiger charge is -2.30. The van der Waals surface area contributed by atoms with Crippen LogP contribution < -0.4 is 10.6 Å². The molecule has 2 rings (SSSR count). The van der Waals surface area contributed by atoms with Crippen molar-refractivity contribution >= 4 is 23.5 Å². The number of aliphatic hydroxyl groups is 1. The molecule has 0 saturated heterocycles. The molecule has 2 amide bonds. The van der Waals surface area contributed by atoms with E-state index in [1.165, 1.54) is 6.07 Å². The maximum Gasteiger partial charge on any atom is 0.338 e. The topological polar surface area (TPSA) is 129 Å². The summed E-state index contributed by atoms with van der Waals surface area (Å²) in [6, 6.07) is 10.7. The third-order valence-electron chi connectivity index (χ3n) is 5.40. The smallest absolute Gasteiger partial charge is 0.338 e. The molecule has 0 spiro atoms. The first kappa shape index (κ1) is 31.4. The molecule has 0 radical (unpaired) electrons. The molecule has 0 heterocycles. The van der Waals surface area contributed by atoms with Crippen molar-refractivity contribution in [3.05, 3.63) is 70.5 Å². The third kappa shape index (κ3) is 9.76. The molecule has 8 nitrogen and oxygen atoms in total. The van der Waals surface area contributed by atoms with Crippen molar-refractivity contribution in [2.75, 3.05) is 19.8 Å². The van der Waals surface area contributed by atoms with E-state index < -0.39 is 23.3 Å². The third-order valence-corrected chi connectivity index (χ3v) is 5.40. The number of aryl methyl sites for hydroxylation is 2. The summed E-state index contributed by atoms with van der Waals surface area (Å²) >= 11 is 0. The van der Waals surface area contributed by atoms with Gasteiger partial charge in [-0.15, -0.1) is 0 Å². The zero-order valence-electron chi connectivity index (χ0n) is 22.4. The van der Waals surface area contributed by atoms with Crippen molar-refractivity contribution in [1.82, 2.24) is 10.6 Å². The van der Waals surface area contributed by atoms with E-state index in [0.717, 1.165) is 5.56 Å². The van der Waals surface area contributed by atoms with Crippen LogP contribution in [0.25, 0.3) is 0 Å². The van der Waals surface area contributed by atoms with E-state index in [4.69, 9.17) is 15.3 Å². The summed E-state index contributed by atoms with van der Waals surface area (Å²) in [5.74, 6) is -1.80. The van der Waals surface area contributed by atoms with Crippen molar-refractivity contribution in [3.63, 3.8) is 0 Å². The van der Waals surface area contributed by atoms with E-state index in [1.54, 1.807) is 31.2 Å². The average molecular weight is 516 g/mol. The largest absolute Gasteiger partial charge is 0.462 e. The predicted molar refractivity (Wildman–Crippen MR) is 141 cm³/mol. The summed E-state index contributed by atoms with van der Waals surface area (Å²) in [5.41, 5.74) is 1.53.